The molecular weight excluding hydrogens is 186 g/mol. The van der Waals surface area contributed by atoms with E-state index in [1.165, 1.54) is 13.8 Å². The second-order valence-electron chi connectivity index (χ2n) is 2.84. The molecule has 0 spiro atoms. The van der Waals surface area contributed by atoms with Gasteiger partial charge in [-0.3, -0.25) is 20.2 Å². The van der Waals surface area contributed by atoms with E-state index in [-0.39, 0.29) is 5.57 Å². The Morgan fingerprint density at radius 3 is 2.14 bits per heavy atom. The zero-order chi connectivity index (χ0) is 11.3. The maximum Gasteiger partial charge on any atom is 0.328 e. The van der Waals surface area contributed by atoms with Crippen molar-refractivity contribution in [3.05, 3.63) is 12.2 Å². The van der Waals surface area contributed by atoms with Crippen molar-refractivity contribution in [2.45, 2.75) is 19.9 Å². The van der Waals surface area contributed by atoms with E-state index in [0.717, 1.165) is 0 Å². The Balaban J connectivity index is 4.06. The molecule has 0 aromatic rings. The summed E-state index contributed by atoms with van der Waals surface area (Å²) in [5.74, 6) is -1.29. The number of carbonyl (C=O) groups is 3. The Morgan fingerprint density at radius 2 is 1.79 bits per heavy atom. The van der Waals surface area contributed by atoms with E-state index in [2.05, 4.69) is 6.58 Å². The molecule has 6 nitrogen and oxygen atoms in total. The normalized spacial score (nSPS) is 11.4. The largest absolute Gasteiger partial charge is 0.328 e. The number of hydrogen-bond donors (Lipinski definition) is 3. The first kappa shape index (κ1) is 12.3. The molecule has 1 atom stereocenters. The molecule has 0 aromatic carbocycles. The van der Waals surface area contributed by atoms with Crippen LogP contribution in [0.1, 0.15) is 13.8 Å². The summed E-state index contributed by atoms with van der Waals surface area (Å²) in [4.78, 5) is 32.7. The van der Waals surface area contributed by atoms with E-state index in [9.17, 15) is 14.4 Å². The van der Waals surface area contributed by atoms with Crippen LogP contribution in [-0.4, -0.2) is 23.9 Å². The minimum atomic E-state index is -0.902. The molecule has 0 bridgehead atoms. The van der Waals surface area contributed by atoms with Gasteiger partial charge >= 0.3 is 6.03 Å². The molecule has 4 N–H and O–H groups in total. The van der Waals surface area contributed by atoms with Gasteiger partial charge in [0.05, 0.1) is 6.04 Å². The third-order valence-electron chi connectivity index (χ3n) is 1.26. The van der Waals surface area contributed by atoms with Crippen molar-refractivity contribution < 1.29 is 14.4 Å². The number of carbonyl (C=O) groups excluding carboxylic acids is 3. The van der Waals surface area contributed by atoms with E-state index in [1.54, 1.807) is 0 Å². The van der Waals surface area contributed by atoms with Crippen LogP contribution in [0.3, 0.4) is 0 Å². The minimum absolute atomic E-state index is 0.174. The van der Waals surface area contributed by atoms with Crippen LogP contribution in [0.2, 0.25) is 0 Å². The van der Waals surface area contributed by atoms with Crippen molar-refractivity contribution in [3.8, 4) is 0 Å². The van der Waals surface area contributed by atoms with E-state index in [1.807, 2.05) is 10.6 Å². The summed E-state index contributed by atoms with van der Waals surface area (Å²) in [6.45, 7) is 6.18. The maximum absolute atomic E-state index is 10.9. The summed E-state index contributed by atoms with van der Waals surface area (Å²) in [6, 6.07) is -1.71. The van der Waals surface area contributed by atoms with Crippen LogP contribution in [0, 0.1) is 0 Å². The lowest BCUT2D eigenvalue weighted by Crippen LogP contribution is -2.47. The Morgan fingerprint density at radius 1 is 1.29 bits per heavy atom. The smallest absolute Gasteiger partial charge is 0.320 e. The van der Waals surface area contributed by atoms with Gasteiger partial charge in [0.1, 0.15) is 0 Å². The molecule has 0 saturated carbocycles. The van der Waals surface area contributed by atoms with Gasteiger partial charge < -0.3 is 5.73 Å². The third-order valence-corrected chi connectivity index (χ3v) is 1.26. The first-order valence-electron chi connectivity index (χ1n) is 3.92. The third kappa shape index (κ3) is 4.36. The molecule has 0 aromatic heterocycles. The van der Waals surface area contributed by atoms with Gasteiger partial charge in [-0.1, -0.05) is 6.58 Å². The van der Waals surface area contributed by atoms with Crippen LogP contribution in [0.25, 0.3) is 0 Å². The Bertz CT molecular complexity index is 284. The molecule has 78 valence electrons. The van der Waals surface area contributed by atoms with Gasteiger partial charge in [0.15, 0.2) is 0 Å². The van der Waals surface area contributed by atoms with Crippen LogP contribution in [0.15, 0.2) is 12.2 Å². The standard InChI is InChI=1S/C8H13N3O3/c1-4(2)6(12)10-8(14)11-7(13)5(3)9/h5H,1,9H2,2-3H3,(H2,10,11,12,13,14)/t5-/m0/s1. The second kappa shape index (κ2) is 5.13. The number of nitrogens with one attached hydrogen (secondary N) is 2. The molecular formula is C8H13N3O3. The van der Waals surface area contributed by atoms with Crippen molar-refractivity contribution >= 4 is 17.8 Å². The first-order chi connectivity index (χ1) is 6.34. The topological polar surface area (TPSA) is 101 Å². The monoisotopic (exact) mass is 199 g/mol. The Kier molecular flexibility index (Phi) is 4.51. The van der Waals surface area contributed by atoms with Crippen LogP contribution in [0.5, 0.6) is 0 Å². The van der Waals surface area contributed by atoms with Gasteiger partial charge in [0, 0.05) is 5.57 Å². The van der Waals surface area contributed by atoms with Gasteiger partial charge in [0.2, 0.25) is 5.91 Å². The van der Waals surface area contributed by atoms with E-state index >= 15 is 0 Å². The van der Waals surface area contributed by atoms with Gasteiger partial charge in [-0.25, -0.2) is 4.79 Å². The van der Waals surface area contributed by atoms with E-state index < -0.39 is 23.9 Å². The molecule has 0 heterocycles. The molecule has 0 radical (unpaired) electrons. The van der Waals surface area contributed by atoms with Crippen molar-refractivity contribution in [1.29, 1.82) is 0 Å². The first-order valence-corrected chi connectivity index (χ1v) is 3.92. The molecule has 6 heteroatoms. The molecule has 0 unspecified atom stereocenters. The fraction of sp³-hybridized carbons (Fsp3) is 0.375. The number of nitrogens with two attached hydrogens (primary N) is 1. The zero-order valence-corrected chi connectivity index (χ0v) is 8.09. The molecule has 0 aliphatic carbocycles. The minimum Gasteiger partial charge on any atom is -0.320 e. The van der Waals surface area contributed by atoms with Crippen molar-refractivity contribution in [3.63, 3.8) is 0 Å². The fourth-order valence-corrected chi connectivity index (χ4v) is 0.467. The average molecular weight is 199 g/mol. The number of imide groups is 2. The van der Waals surface area contributed by atoms with Crippen LogP contribution in [-0.2, 0) is 9.59 Å². The van der Waals surface area contributed by atoms with Crippen LogP contribution >= 0.6 is 0 Å². The number of rotatable bonds is 2. The quantitative estimate of drug-likeness (QED) is 0.510. The molecule has 0 fully saturated rings. The highest BCUT2D eigenvalue weighted by molar-refractivity contribution is 6.07. The highest BCUT2D eigenvalue weighted by Gasteiger charge is 2.13. The fourth-order valence-electron chi connectivity index (χ4n) is 0.467. The summed E-state index contributed by atoms with van der Waals surface area (Å²) < 4.78 is 0. The van der Waals surface area contributed by atoms with Gasteiger partial charge in [-0.2, -0.15) is 0 Å². The molecule has 14 heavy (non-hydrogen) atoms. The SMILES string of the molecule is C=C(C)C(=O)NC(=O)NC(=O)[C@H](C)N. The predicted octanol–water partition coefficient (Wildman–Crippen LogP) is -0.738. The highest BCUT2D eigenvalue weighted by Crippen LogP contribution is 1.85. The summed E-state index contributed by atoms with van der Waals surface area (Å²) in [5, 5.41) is 3.79. The number of urea groups is 1. The zero-order valence-electron chi connectivity index (χ0n) is 8.09. The lowest BCUT2D eigenvalue weighted by atomic mass is 10.3. The summed E-state index contributed by atoms with van der Waals surface area (Å²) in [5.41, 5.74) is 5.35. The summed E-state index contributed by atoms with van der Waals surface area (Å²) >= 11 is 0. The highest BCUT2D eigenvalue weighted by atomic mass is 16.2. The summed E-state index contributed by atoms with van der Waals surface area (Å²) in [6.07, 6.45) is 0. The van der Waals surface area contributed by atoms with Crippen molar-refractivity contribution in [2.75, 3.05) is 0 Å². The molecule has 0 rings (SSSR count). The van der Waals surface area contributed by atoms with Crippen LogP contribution in [0.4, 0.5) is 4.79 Å². The number of hydrogen-bond acceptors (Lipinski definition) is 4. The number of amides is 4. The molecule has 0 aliphatic heterocycles. The lowest BCUT2D eigenvalue weighted by molar-refractivity contribution is -0.120. The average Bonchev–Trinajstić information content (AvgIpc) is 2.03. The van der Waals surface area contributed by atoms with Gasteiger partial charge in [-0.05, 0) is 13.8 Å². The second-order valence-corrected chi connectivity index (χ2v) is 2.84. The molecule has 0 aliphatic rings. The van der Waals surface area contributed by atoms with Crippen LogP contribution < -0.4 is 16.4 Å². The molecule has 4 amide bonds. The summed E-state index contributed by atoms with van der Waals surface area (Å²) in [7, 11) is 0. The lowest BCUT2D eigenvalue weighted by Gasteiger charge is -2.06. The Labute approximate surface area is 81.5 Å². The van der Waals surface area contributed by atoms with Gasteiger partial charge in [0.25, 0.3) is 5.91 Å². The van der Waals surface area contributed by atoms with Crippen molar-refractivity contribution in [1.82, 2.24) is 10.6 Å². The maximum atomic E-state index is 10.9. The van der Waals surface area contributed by atoms with E-state index in [4.69, 9.17) is 5.73 Å². The predicted molar refractivity (Wildman–Crippen MR) is 50.1 cm³/mol. The van der Waals surface area contributed by atoms with E-state index in [0.29, 0.717) is 0 Å². The van der Waals surface area contributed by atoms with Crippen molar-refractivity contribution in [2.24, 2.45) is 5.73 Å². The Hall–Kier alpha value is -1.69. The molecule has 0 saturated heterocycles. The van der Waals surface area contributed by atoms with Gasteiger partial charge in [-0.15, -0.1) is 0 Å².